The van der Waals surface area contributed by atoms with Gasteiger partial charge >= 0.3 is 0 Å². The molecule has 0 aliphatic rings. The van der Waals surface area contributed by atoms with Gasteiger partial charge in [-0.1, -0.05) is 33.3 Å². The minimum atomic E-state index is -0.156. The van der Waals surface area contributed by atoms with E-state index in [0.717, 1.165) is 25.8 Å². The number of nitrogens with zero attached hydrogens (tertiary/aromatic N) is 2. The van der Waals surface area contributed by atoms with Crippen LogP contribution in [0.25, 0.3) is 0 Å². The predicted molar refractivity (Wildman–Crippen MR) is 65.7 cm³/mol. The first-order chi connectivity index (χ1) is 7.52. The summed E-state index contributed by atoms with van der Waals surface area (Å²) < 4.78 is 0. The van der Waals surface area contributed by atoms with E-state index in [0.29, 0.717) is 5.92 Å². The van der Waals surface area contributed by atoms with Crippen LogP contribution in [0.2, 0.25) is 0 Å². The SMILES string of the molecule is CCCCN(C)C(=O)/C(C#N)=C/CC(C)C. The van der Waals surface area contributed by atoms with Gasteiger partial charge in [0.2, 0.25) is 0 Å². The summed E-state index contributed by atoms with van der Waals surface area (Å²) in [5.41, 5.74) is 0.271. The standard InChI is InChI=1S/C13H22N2O/c1-5-6-9-15(4)13(16)12(10-14)8-7-11(2)3/h8,11H,5-7,9H2,1-4H3/b12-8+. The van der Waals surface area contributed by atoms with Gasteiger partial charge in [0.25, 0.3) is 5.91 Å². The fourth-order valence-corrected chi connectivity index (χ4v) is 1.24. The molecule has 0 heterocycles. The normalized spacial score (nSPS) is 11.4. The quantitative estimate of drug-likeness (QED) is 0.512. The van der Waals surface area contributed by atoms with Crippen molar-refractivity contribution >= 4 is 5.91 Å². The van der Waals surface area contributed by atoms with Gasteiger partial charge in [0.15, 0.2) is 0 Å². The Morgan fingerprint density at radius 1 is 1.50 bits per heavy atom. The summed E-state index contributed by atoms with van der Waals surface area (Å²) in [6, 6.07) is 1.98. The molecule has 3 heteroatoms. The minimum absolute atomic E-state index is 0.156. The lowest BCUT2D eigenvalue weighted by Crippen LogP contribution is -2.28. The molecule has 0 spiro atoms. The number of hydrogen-bond donors (Lipinski definition) is 0. The van der Waals surface area contributed by atoms with Gasteiger partial charge in [-0.3, -0.25) is 4.79 Å². The lowest BCUT2D eigenvalue weighted by atomic mass is 10.1. The number of likely N-dealkylation sites (N-methyl/N-ethyl adjacent to an activating group) is 1. The minimum Gasteiger partial charge on any atom is -0.341 e. The average Bonchev–Trinajstić information content (AvgIpc) is 2.25. The largest absolute Gasteiger partial charge is 0.341 e. The summed E-state index contributed by atoms with van der Waals surface area (Å²) in [6.07, 6.45) is 4.55. The van der Waals surface area contributed by atoms with Crippen molar-refractivity contribution in [3.05, 3.63) is 11.6 Å². The van der Waals surface area contributed by atoms with E-state index in [-0.39, 0.29) is 11.5 Å². The molecular formula is C13H22N2O. The van der Waals surface area contributed by atoms with Crippen LogP contribution in [0.15, 0.2) is 11.6 Å². The van der Waals surface area contributed by atoms with E-state index in [1.165, 1.54) is 0 Å². The van der Waals surface area contributed by atoms with Gasteiger partial charge < -0.3 is 4.90 Å². The van der Waals surface area contributed by atoms with Gasteiger partial charge in [0, 0.05) is 13.6 Å². The third-order valence-corrected chi connectivity index (χ3v) is 2.34. The Kier molecular flexibility index (Phi) is 7.28. The van der Waals surface area contributed by atoms with Gasteiger partial charge in [-0.2, -0.15) is 5.26 Å². The number of allylic oxidation sites excluding steroid dienone is 1. The molecule has 0 radical (unpaired) electrons. The van der Waals surface area contributed by atoms with Gasteiger partial charge in [0.05, 0.1) is 0 Å². The van der Waals surface area contributed by atoms with E-state index in [1.807, 2.05) is 6.07 Å². The molecule has 0 aromatic heterocycles. The molecule has 0 atom stereocenters. The third kappa shape index (κ3) is 5.55. The van der Waals surface area contributed by atoms with Crippen LogP contribution < -0.4 is 0 Å². The first-order valence-electron chi connectivity index (χ1n) is 5.88. The Balaban J connectivity index is 4.42. The molecule has 0 bridgehead atoms. The second kappa shape index (κ2) is 7.92. The molecule has 16 heavy (non-hydrogen) atoms. The molecule has 0 aromatic carbocycles. The molecule has 0 aliphatic carbocycles. The van der Waals surface area contributed by atoms with Crippen molar-refractivity contribution in [2.45, 2.75) is 40.0 Å². The lowest BCUT2D eigenvalue weighted by Gasteiger charge is -2.16. The maximum Gasteiger partial charge on any atom is 0.263 e. The zero-order valence-electron chi connectivity index (χ0n) is 10.8. The summed E-state index contributed by atoms with van der Waals surface area (Å²) in [5.74, 6) is 0.314. The highest BCUT2D eigenvalue weighted by Crippen LogP contribution is 2.07. The topological polar surface area (TPSA) is 44.1 Å². The second-order valence-corrected chi connectivity index (χ2v) is 4.44. The van der Waals surface area contributed by atoms with Crippen LogP contribution in [0.4, 0.5) is 0 Å². The molecule has 0 saturated heterocycles. The molecule has 0 unspecified atom stereocenters. The summed E-state index contributed by atoms with van der Waals surface area (Å²) in [6.45, 7) is 6.93. The van der Waals surface area contributed by atoms with Crippen LogP contribution in [0, 0.1) is 17.2 Å². The highest BCUT2D eigenvalue weighted by Gasteiger charge is 2.13. The fraction of sp³-hybridized carbons (Fsp3) is 0.692. The molecule has 0 aromatic rings. The Labute approximate surface area is 98.7 Å². The summed E-state index contributed by atoms with van der Waals surface area (Å²) in [7, 11) is 1.75. The monoisotopic (exact) mass is 222 g/mol. The molecule has 0 rings (SSSR count). The molecule has 0 aliphatic heterocycles. The Morgan fingerprint density at radius 2 is 2.12 bits per heavy atom. The zero-order chi connectivity index (χ0) is 12.6. The van der Waals surface area contributed by atoms with Crippen LogP contribution in [-0.4, -0.2) is 24.4 Å². The molecule has 1 amide bonds. The highest BCUT2D eigenvalue weighted by atomic mass is 16.2. The van der Waals surface area contributed by atoms with E-state index < -0.39 is 0 Å². The van der Waals surface area contributed by atoms with Crippen LogP contribution in [0.3, 0.4) is 0 Å². The van der Waals surface area contributed by atoms with Gasteiger partial charge in [-0.05, 0) is 18.8 Å². The van der Waals surface area contributed by atoms with E-state index in [4.69, 9.17) is 5.26 Å². The summed E-state index contributed by atoms with van der Waals surface area (Å²) in [4.78, 5) is 13.5. The van der Waals surface area contributed by atoms with E-state index in [1.54, 1.807) is 18.0 Å². The summed E-state index contributed by atoms with van der Waals surface area (Å²) in [5, 5.41) is 8.92. The number of amides is 1. The van der Waals surface area contributed by atoms with Gasteiger partial charge in [0.1, 0.15) is 11.6 Å². The zero-order valence-corrected chi connectivity index (χ0v) is 10.8. The number of hydrogen-bond acceptors (Lipinski definition) is 2. The predicted octanol–water partition coefficient (Wildman–Crippen LogP) is 2.74. The summed E-state index contributed by atoms with van der Waals surface area (Å²) >= 11 is 0. The van der Waals surface area contributed by atoms with Crippen LogP contribution in [0.1, 0.15) is 40.0 Å². The van der Waals surface area contributed by atoms with Gasteiger partial charge in [-0.25, -0.2) is 0 Å². The lowest BCUT2D eigenvalue weighted by molar-refractivity contribution is -0.125. The molecule has 0 saturated carbocycles. The Bertz CT molecular complexity index is 287. The van der Waals surface area contributed by atoms with E-state index >= 15 is 0 Å². The number of nitriles is 1. The second-order valence-electron chi connectivity index (χ2n) is 4.44. The maximum absolute atomic E-state index is 11.8. The Hall–Kier alpha value is -1.30. The van der Waals surface area contributed by atoms with Crippen LogP contribution >= 0.6 is 0 Å². The highest BCUT2D eigenvalue weighted by molar-refractivity contribution is 5.97. The molecule has 3 nitrogen and oxygen atoms in total. The number of carbonyl (C=O) groups is 1. The number of unbranched alkanes of at least 4 members (excludes halogenated alkanes) is 1. The van der Waals surface area contributed by atoms with Gasteiger partial charge in [-0.15, -0.1) is 0 Å². The van der Waals surface area contributed by atoms with Crippen molar-refractivity contribution < 1.29 is 4.79 Å². The van der Waals surface area contributed by atoms with Crippen LogP contribution in [0.5, 0.6) is 0 Å². The van der Waals surface area contributed by atoms with E-state index in [2.05, 4.69) is 20.8 Å². The van der Waals surface area contributed by atoms with Crippen molar-refractivity contribution in [1.82, 2.24) is 4.90 Å². The van der Waals surface area contributed by atoms with Crippen molar-refractivity contribution in [3.63, 3.8) is 0 Å². The average molecular weight is 222 g/mol. The molecule has 0 N–H and O–H groups in total. The number of carbonyl (C=O) groups excluding carboxylic acids is 1. The maximum atomic E-state index is 11.8. The third-order valence-electron chi connectivity index (χ3n) is 2.34. The molecule has 90 valence electrons. The Morgan fingerprint density at radius 3 is 2.56 bits per heavy atom. The molecule has 0 fully saturated rings. The first kappa shape index (κ1) is 14.7. The van der Waals surface area contributed by atoms with Crippen molar-refractivity contribution in [2.75, 3.05) is 13.6 Å². The number of rotatable bonds is 6. The first-order valence-corrected chi connectivity index (χ1v) is 5.88. The van der Waals surface area contributed by atoms with E-state index in [9.17, 15) is 4.79 Å². The molecular weight excluding hydrogens is 200 g/mol. The van der Waals surface area contributed by atoms with Crippen molar-refractivity contribution in [2.24, 2.45) is 5.92 Å². The van der Waals surface area contributed by atoms with Crippen molar-refractivity contribution in [1.29, 1.82) is 5.26 Å². The van der Waals surface area contributed by atoms with Crippen LogP contribution in [-0.2, 0) is 4.79 Å². The fourth-order valence-electron chi connectivity index (χ4n) is 1.24. The smallest absolute Gasteiger partial charge is 0.263 e. The van der Waals surface area contributed by atoms with Crippen molar-refractivity contribution in [3.8, 4) is 6.07 Å².